The molecular weight excluding hydrogens is 335 g/mol. The maximum atomic E-state index is 13.1. The van der Waals surface area contributed by atoms with Gasteiger partial charge in [-0.3, -0.25) is 4.79 Å². The lowest BCUT2D eigenvalue weighted by molar-refractivity contribution is -0.123. The Morgan fingerprint density at radius 3 is 2.54 bits per heavy atom. The largest absolute Gasteiger partial charge is 0.439 e. The fourth-order valence-electron chi connectivity index (χ4n) is 3.22. The van der Waals surface area contributed by atoms with Gasteiger partial charge in [-0.25, -0.2) is 9.18 Å². The van der Waals surface area contributed by atoms with E-state index in [4.69, 9.17) is 4.74 Å². The Hall–Kier alpha value is -2.89. The second kappa shape index (κ2) is 7.56. The number of hydrogen-bond donors (Lipinski definition) is 2. The Balaban J connectivity index is 1.76. The third-order valence-electron chi connectivity index (χ3n) is 4.70. The van der Waals surface area contributed by atoms with Crippen molar-refractivity contribution in [2.24, 2.45) is 0 Å². The molecule has 0 radical (unpaired) electrons. The Labute approximate surface area is 151 Å². The van der Waals surface area contributed by atoms with E-state index in [1.54, 1.807) is 19.1 Å². The number of fused-ring (bicyclic) bond motifs is 1. The smallest absolute Gasteiger partial charge is 0.407 e. The highest BCUT2D eigenvalue weighted by Gasteiger charge is 2.36. The molecular formula is C20H21FN2O3. The summed E-state index contributed by atoms with van der Waals surface area (Å²) in [6, 6.07) is 13.2. The molecule has 0 heterocycles. The number of amides is 2. The van der Waals surface area contributed by atoms with Crippen molar-refractivity contribution in [2.75, 3.05) is 7.05 Å². The first-order chi connectivity index (χ1) is 12.5. The van der Waals surface area contributed by atoms with Gasteiger partial charge in [0.1, 0.15) is 11.9 Å². The van der Waals surface area contributed by atoms with E-state index in [0.29, 0.717) is 6.42 Å². The van der Waals surface area contributed by atoms with Gasteiger partial charge in [-0.05, 0) is 42.2 Å². The van der Waals surface area contributed by atoms with Crippen LogP contribution < -0.4 is 10.6 Å². The topological polar surface area (TPSA) is 67.4 Å². The number of nitrogens with one attached hydrogen (secondary N) is 2. The van der Waals surface area contributed by atoms with Crippen LogP contribution in [0.2, 0.25) is 0 Å². The minimum atomic E-state index is -0.546. The molecule has 2 aromatic rings. The van der Waals surface area contributed by atoms with Gasteiger partial charge in [0.2, 0.25) is 5.91 Å². The molecule has 0 bridgehead atoms. The van der Waals surface area contributed by atoms with Crippen LogP contribution in [-0.4, -0.2) is 25.1 Å². The molecule has 1 aliphatic rings. The second-order valence-electron chi connectivity index (χ2n) is 6.37. The van der Waals surface area contributed by atoms with Crippen molar-refractivity contribution >= 4 is 12.0 Å². The number of hydrogen-bond acceptors (Lipinski definition) is 3. The number of halogens is 1. The maximum absolute atomic E-state index is 13.1. The van der Waals surface area contributed by atoms with E-state index in [9.17, 15) is 14.0 Å². The fourth-order valence-corrected chi connectivity index (χ4v) is 3.22. The summed E-state index contributed by atoms with van der Waals surface area (Å²) < 4.78 is 18.6. The van der Waals surface area contributed by atoms with Gasteiger partial charge >= 0.3 is 6.09 Å². The van der Waals surface area contributed by atoms with Crippen molar-refractivity contribution < 1.29 is 18.7 Å². The molecule has 26 heavy (non-hydrogen) atoms. The Kier molecular flexibility index (Phi) is 5.21. The van der Waals surface area contributed by atoms with E-state index in [2.05, 4.69) is 10.6 Å². The highest BCUT2D eigenvalue weighted by molar-refractivity contribution is 5.83. The molecule has 2 aromatic carbocycles. The van der Waals surface area contributed by atoms with Gasteiger partial charge < -0.3 is 15.4 Å². The van der Waals surface area contributed by atoms with E-state index >= 15 is 0 Å². The van der Waals surface area contributed by atoms with Crippen LogP contribution in [0.1, 0.15) is 35.6 Å². The van der Waals surface area contributed by atoms with Crippen LogP contribution in [0.15, 0.2) is 48.5 Å². The molecule has 3 atom stereocenters. The zero-order valence-electron chi connectivity index (χ0n) is 14.7. The Bertz CT molecular complexity index is 807. The number of carbonyl (C=O) groups excluding carboxylic acids is 2. The minimum Gasteiger partial charge on any atom is -0.439 e. The standard InChI is InChI=1S/C20H21FN2O3/c1-12(13-7-9-15(21)10-8-13)19(24)23-17-11-14-5-3-4-6-16(14)18(17)26-20(25)22-2/h3-10,12,17-18H,11H2,1-2H3,(H,22,25)(H,23,24)/t12-,17-,18-/m0/s1. The lowest BCUT2D eigenvalue weighted by atomic mass is 9.99. The molecule has 2 amide bonds. The molecule has 136 valence electrons. The summed E-state index contributed by atoms with van der Waals surface area (Å²) in [5.74, 6) is -0.980. The third-order valence-corrected chi connectivity index (χ3v) is 4.70. The normalized spacial score (nSPS) is 19.3. The second-order valence-corrected chi connectivity index (χ2v) is 6.37. The molecule has 2 N–H and O–H groups in total. The lowest BCUT2D eigenvalue weighted by Gasteiger charge is -2.23. The quantitative estimate of drug-likeness (QED) is 0.885. The molecule has 0 aliphatic heterocycles. The molecule has 0 saturated heterocycles. The van der Waals surface area contributed by atoms with Gasteiger partial charge in [0.25, 0.3) is 0 Å². The first kappa shape index (κ1) is 17.9. The van der Waals surface area contributed by atoms with Crippen molar-refractivity contribution in [3.05, 3.63) is 71.0 Å². The van der Waals surface area contributed by atoms with Crippen molar-refractivity contribution in [1.82, 2.24) is 10.6 Å². The summed E-state index contributed by atoms with van der Waals surface area (Å²) in [4.78, 5) is 24.4. The first-order valence-corrected chi connectivity index (χ1v) is 8.51. The van der Waals surface area contributed by atoms with Crippen molar-refractivity contribution in [3.63, 3.8) is 0 Å². The van der Waals surface area contributed by atoms with Gasteiger partial charge in [0.15, 0.2) is 0 Å². The number of rotatable bonds is 4. The molecule has 0 fully saturated rings. The van der Waals surface area contributed by atoms with Crippen molar-refractivity contribution in [3.8, 4) is 0 Å². The Morgan fingerprint density at radius 2 is 1.85 bits per heavy atom. The van der Waals surface area contributed by atoms with E-state index < -0.39 is 18.1 Å². The van der Waals surface area contributed by atoms with Crippen LogP contribution in [0.4, 0.5) is 9.18 Å². The van der Waals surface area contributed by atoms with Crippen LogP contribution in [0.5, 0.6) is 0 Å². The van der Waals surface area contributed by atoms with Gasteiger partial charge in [0, 0.05) is 7.05 Å². The first-order valence-electron chi connectivity index (χ1n) is 8.51. The predicted octanol–water partition coefficient (Wildman–Crippen LogP) is 3.07. The highest BCUT2D eigenvalue weighted by atomic mass is 19.1. The third kappa shape index (κ3) is 3.69. The number of ether oxygens (including phenoxy) is 1. The van der Waals surface area contributed by atoms with Gasteiger partial charge in [-0.1, -0.05) is 36.4 Å². The average molecular weight is 356 g/mol. The number of benzene rings is 2. The lowest BCUT2D eigenvalue weighted by Crippen LogP contribution is -2.41. The monoisotopic (exact) mass is 356 g/mol. The zero-order chi connectivity index (χ0) is 18.7. The van der Waals surface area contributed by atoms with E-state index in [-0.39, 0.29) is 17.8 Å². The molecule has 0 unspecified atom stereocenters. The van der Waals surface area contributed by atoms with Crippen LogP contribution >= 0.6 is 0 Å². The SMILES string of the molecule is CNC(=O)O[C@H]1c2ccccc2C[C@@H]1NC(=O)[C@@H](C)c1ccc(F)cc1. The number of alkyl carbamates (subject to hydrolysis) is 1. The maximum Gasteiger partial charge on any atom is 0.407 e. The zero-order valence-corrected chi connectivity index (χ0v) is 14.7. The van der Waals surface area contributed by atoms with Crippen LogP contribution in [-0.2, 0) is 16.0 Å². The van der Waals surface area contributed by atoms with Crippen LogP contribution in [0.25, 0.3) is 0 Å². The summed E-state index contributed by atoms with van der Waals surface area (Å²) in [6.07, 6.45) is -0.507. The van der Waals surface area contributed by atoms with Gasteiger partial charge in [-0.2, -0.15) is 0 Å². The average Bonchev–Trinajstić information content (AvgIpc) is 2.98. The van der Waals surface area contributed by atoms with Crippen LogP contribution in [0.3, 0.4) is 0 Å². The molecule has 3 rings (SSSR count). The van der Waals surface area contributed by atoms with E-state index in [1.807, 2.05) is 24.3 Å². The van der Waals surface area contributed by atoms with Gasteiger partial charge in [-0.15, -0.1) is 0 Å². The van der Waals surface area contributed by atoms with E-state index in [0.717, 1.165) is 16.7 Å². The minimum absolute atomic E-state index is 0.195. The number of carbonyl (C=O) groups is 2. The summed E-state index contributed by atoms with van der Waals surface area (Å²) in [5.41, 5.74) is 2.67. The summed E-state index contributed by atoms with van der Waals surface area (Å²) in [5, 5.41) is 5.42. The van der Waals surface area contributed by atoms with Crippen LogP contribution in [0, 0.1) is 5.82 Å². The van der Waals surface area contributed by atoms with Gasteiger partial charge in [0.05, 0.1) is 12.0 Å². The molecule has 1 aliphatic carbocycles. The predicted molar refractivity (Wildman–Crippen MR) is 95.2 cm³/mol. The fraction of sp³-hybridized carbons (Fsp3) is 0.300. The van der Waals surface area contributed by atoms with Crippen molar-refractivity contribution in [1.29, 1.82) is 0 Å². The summed E-state index contributed by atoms with van der Waals surface area (Å²) in [7, 11) is 1.49. The molecule has 0 saturated carbocycles. The molecule has 5 nitrogen and oxygen atoms in total. The molecule has 0 spiro atoms. The Morgan fingerprint density at radius 1 is 1.15 bits per heavy atom. The molecule has 0 aromatic heterocycles. The van der Waals surface area contributed by atoms with E-state index in [1.165, 1.54) is 19.2 Å². The summed E-state index contributed by atoms with van der Waals surface area (Å²) in [6.45, 7) is 1.76. The summed E-state index contributed by atoms with van der Waals surface area (Å²) >= 11 is 0. The molecule has 6 heteroatoms. The van der Waals surface area contributed by atoms with Crippen molar-refractivity contribution in [2.45, 2.75) is 31.4 Å². The highest BCUT2D eigenvalue weighted by Crippen LogP contribution is 2.34.